The number of anilines is 1. The van der Waals surface area contributed by atoms with Crippen LogP contribution in [0.5, 0.6) is 0 Å². The monoisotopic (exact) mass is 505 g/mol. The van der Waals surface area contributed by atoms with Crippen molar-refractivity contribution in [2.75, 3.05) is 11.1 Å². The molecule has 0 aliphatic rings. The normalized spacial score (nSPS) is 10.8. The van der Waals surface area contributed by atoms with Gasteiger partial charge >= 0.3 is 0 Å². The van der Waals surface area contributed by atoms with Crippen molar-refractivity contribution in [3.8, 4) is 22.5 Å². The average molecular weight is 506 g/mol. The number of carbonyl (C=O) groups is 1. The highest BCUT2D eigenvalue weighted by Gasteiger charge is 2.20. The summed E-state index contributed by atoms with van der Waals surface area (Å²) >= 11 is 2.94. The van der Waals surface area contributed by atoms with E-state index in [0.29, 0.717) is 17.4 Å². The van der Waals surface area contributed by atoms with Crippen molar-refractivity contribution in [1.29, 1.82) is 0 Å². The van der Waals surface area contributed by atoms with E-state index in [1.807, 2.05) is 4.57 Å². The Labute approximate surface area is 210 Å². The number of nitrogens with one attached hydrogen (secondary N) is 1. The minimum Gasteiger partial charge on any atom is -0.325 e. The highest BCUT2D eigenvalue weighted by molar-refractivity contribution is 7.99. The Hall–Kier alpha value is -3.76. The van der Waals surface area contributed by atoms with Gasteiger partial charge in [0.1, 0.15) is 0 Å². The quantitative estimate of drug-likeness (QED) is 0.127. The predicted molar refractivity (Wildman–Crippen MR) is 141 cm³/mol. The Bertz CT molecular complexity index is 1380. The van der Waals surface area contributed by atoms with Crippen LogP contribution in [0.25, 0.3) is 22.5 Å². The van der Waals surface area contributed by atoms with Crippen LogP contribution in [0.1, 0.15) is 10.4 Å². The molecule has 10 heteroatoms. The van der Waals surface area contributed by atoms with Gasteiger partial charge in [-0.2, -0.15) is 0 Å². The number of rotatable bonds is 9. The van der Waals surface area contributed by atoms with Crippen molar-refractivity contribution >= 4 is 40.4 Å². The zero-order valence-electron chi connectivity index (χ0n) is 19.2. The molecule has 2 heterocycles. The van der Waals surface area contributed by atoms with E-state index >= 15 is 0 Å². The van der Waals surface area contributed by atoms with Crippen LogP contribution >= 0.6 is 23.1 Å². The Morgan fingerprint density at radius 1 is 1.17 bits per heavy atom. The Balaban J connectivity index is 1.54. The second kappa shape index (κ2) is 10.7. The summed E-state index contributed by atoms with van der Waals surface area (Å²) in [5.41, 5.74) is 4.90. The Kier molecular flexibility index (Phi) is 7.42. The van der Waals surface area contributed by atoms with Crippen LogP contribution in [-0.4, -0.2) is 31.3 Å². The predicted octanol–water partition coefficient (Wildman–Crippen LogP) is 6.12. The topological polar surface area (TPSA) is 103 Å². The first-order chi connectivity index (χ1) is 16.9. The van der Waals surface area contributed by atoms with Gasteiger partial charge in [0.25, 0.3) is 5.69 Å². The summed E-state index contributed by atoms with van der Waals surface area (Å²) in [5, 5.41) is 25.1. The molecule has 4 aromatic rings. The summed E-state index contributed by atoms with van der Waals surface area (Å²) in [5.74, 6) is 0.591. The number of non-ortho nitro benzene ring substituents is 1. The molecule has 1 N–H and O–H groups in total. The van der Waals surface area contributed by atoms with E-state index in [1.165, 1.54) is 46.5 Å². The molecule has 8 nitrogen and oxygen atoms in total. The van der Waals surface area contributed by atoms with Crippen LogP contribution in [0.2, 0.25) is 0 Å². The molecule has 0 aliphatic carbocycles. The molecule has 0 aliphatic heterocycles. The molecular formula is C25H23N5O3S2. The number of thiophene rings is 1. The first kappa shape index (κ1) is 24.4. The van der Waals surface area contributed by atoms with E-state index in [9.17, 15) is 14.9 Å². The van der Waals surface area contributed by atoms with E-state index in [-0.39, 0.29) is 17.3 Å². The molecule has 35 heavy (non-hydrogen) atoms. The molecule has 0 fully saturated rings. The Morgan fingerprint density at radius 2 is 1.89 bits per heavy atom. The zero-order valence-corrected chi connectivity index (χ0v) is 20.9. The molecule has 2 aromatic heterocycles. The standard InChI is InChI=1S/C25H23N5O3S2/c1-4-13-29-24(21-14-34-17(3)23(21)18-7-5-16(2)6-8-18)27-28-25(29)35-15-22(31)26-19-9-11-20(12-10-19)30(32)33/h4-12,14H,1,13,15H2,2-3H3,(H,26,31). The third-order valence-corrected chi connectivity index (χ3v) is 7.16. The van der Waals surface area contributed by atoms with Gasteiger partial charge in [-0.15, -0.1) is 28.1 Å². The Morgan fingerprint density at radius 3 is 2.54 bits per heavy atom. The maximum Gasteiger partial charge on any atom is 0.269 e. The summed E-state index contributed by atoms with van der Waals surface area (Å²) in [4.78, 5) is 24.0. The molecule has 0 saturated carbocycles. The maximum absolute atomic E-state index is 12.5. The first-order valence-electron chi connectivity index (χ1n) is 10.7. The number of allylic oxidation sites excluding steroid dienone is 1. The molecule has 1 amide bonds. The van der Waals surface area contributed by atoms with Crippen molar-refractivity contribution in [3.05, 3.63) is 87.1 Å². The molecular weight excluding hydrogens is 482 g/mol. The molecule has 0 radical (unpaired) electrons. The molecule has 2 aromatic carbocycles. The number of nitro benzene ring substituents is 1. The number of amides is 1. The summed E-state index contributed by atoms with van der Waals surface area (Å²) in [6, 6.07) is 14.1. The van der Waals surface area contributed by atoms with Gasteiger partial charge in [0.15, 0.2) is 11.0 Å². The van der Waals surface area contributed by atoms with Crippen molar-refractivity contribution < 1.29 is 9.72 Å². The fourth-order valence-corrected chi connectivity index (χ4v) is 5.19. The SMILES string of the molecule is C=CCn1c(SCC(=O)Nc2ccc([N+](=O)[O-])cc2)nnc1-c1csc(C)c1-c1ccc(C)cc1. The minimum absolute atomic E-state index is 0.0314. The van der Waals surface area contributed by atoms with Crippen LogP contribution in [0, 0.1) is 24.0 Å². The maximum atomic E-state index is 12.5. The van der Waals surface area contributed by atoms with Crippen LogP contribution < -0.4 is 5.32 Å². The fraction of sp³-hybridized carbons (Fsp3) is 0.160. The molecule has 0 bridgehead atoms. The number of nitro groups is 1. The van der Waals surface area contributed by atoms with Crippen LogP contribution in [0.15, 0.2) is 71.7 Å². The molecule has 0 unspecified atom stereocenters. The smallest absolute Gasteiger partial charge is 0.269 e. The average Bonchev–Trinajstić information content (AvgIpc) is 3.42. The third-order valence-electron chi connectivity index (χ3n) is 5.28. The zero-order chi connectivity index (χ0) is 24.9. The molecule has 4 rings (SSSR count). The fourth-order valence-electron chi connectivity index (χ4n) is 3.58. The second-order valence-corrected chi connectivity index (χ2v) is 9.82. The highest BCUT2D eigenvalue weighted by atomic mass is 32.2. The lowest BCUT2D eigenvalue weighted by Crippen LogP contribution is -2.14. The molecule has 0 spiro atoms. The number of nitrogens with zero attached hydrogens (tertiary/aromatic N) is 4. The first-order valence-corrected chi connectivity index (χ1v) is 12.6. The van der Waals surface area contributed by atoms with Gasteiger partial charge in [-0.1, -0.05) is 47.7 Å². The van der Waals surface area contributed by atoms with E-state index in [0.717, 1.165) is 22.5 Å². The molecule has 178 valence electrons. The lowest BCUT2D eigenvalue weighted by atomic mass is 10.0. The van der Waals surface area contributed by atoms with Gasteiger partial charge in [0.2, 0.25) is 5.91 Å². The van der Waals surface area contributed by atoms with E-state index in [1.54, 1.807) is 17.4 Å². The van der Waals surface area contributed by atoms with Crippen molar-refractivity contribution in [2.45, 2.75) is 25.5 Å². The third kappa shape index (κ3) is 5.50. The number of benzene rings is 2. The summed E-state index contributed by atoms with van der Waals surface area (Å²) in [6.07, 6.45) is 1.78. The lowest BCUT2D eigenvalue weighted by molar-refractivity contribution is -0.384. The highest BCUT2D eigenvalue weighted by Crippen LogP contribution is 2.39. The van der Waals surface area contributed by atoms with Crippen LogP contribution in [-0.2, 0) is 11.3 Å². The summed E-state index contributed by atoms with van der Waals surface area (Å²) in [6.45, 7) is 8.52. The van der Waals surface area contributed by atoms with Gasteiger partial charge in [0, 0.05) is 45.7 Å². The summed E-state index contributed by atoms with van der Waals surface area (Å²) in [7, 11) is 0. The number of hydrogen-bond donors (Lipinski definition) is 1. The van der Waals surface area contributed by atoms with Crippen LogP contribution in [0.4, 0.5) is 11.4 Å². The number of thioether (sulfide) groups is 1. The van der Waals surface area contributed by atoms with E-state index in [2.05, 4.69) is 65.6 Å². The van der Waals surface area contributed by atoms with Crippen molar-refractivity contribution in [3.63, 3.8) is 0 Å². The van der Waals surface area contributed by atoms with Gasteiger partial charge in [-0.25, -0.2) is 0 Å². The van der Waals surface area contributed by atoms with Crippen LogP contribution in [0.3, 0.4) is 0 Å². The van der Waals surface area contributed by atoms with E-state index in [4.69, 9.17) is 0 Å². The van der Waals surface area contributed by atoms with Gasteiger partial charge in [0.05, 0.1) is 10.7 Å². The lowest BCUT2D eigenvalue weighted by Gasteiger charge is -2.10. The molecule has 0 saturated heterocycles. The number of hydrogen-bond acceptors (Lipinski definition) is 7. The second-order valence-electron chi connectivity index (χ2n) is 7.79. The minimum atomic E-state index is -0.481. The van der Waals surface area contributed by atoms with Gasteiger partial charge < -0.3 is 5.32 Å². The van der Waals surface area contributed by atoms with Gasteiger partial charge in [-0.05, 0) is 31.5 Å². The summed E-state index contributed by atoms with van der Waals surface area (Å²) < 4.78 is 1.95. The van der Waals surface area contributed by atoms with Gasteiger partial charge in [-0.3, -0.25) is 19.5 Å². The number of aryl methyl sites for hydroxylation is 2. The largest absolute Gasteiger partial charge is 0.325 e. The van der Waals surface area contributed by atoms with Crippen molar-refractivity contribution in [2.24, 2.45) is 0 Å². The van der Waals surface area contributed by atoms with E-state index < -0.39 is 4.92 Å². The van der Waals surface area contributed by atoms with Crippen molar-refractivity contribution in [1.82, 2.24) is 14.8 Å². The number of carbonyl (C=O) groups excluding carboxylic acids is 1. The number of aromatic nitrogens is 3. The molecule has 0 atom stereocenters.